The van der Waals surface area contributed by atoms with Gasteiger partial charge in [-0.05, 0) is 42.0 Å². The zero-order valence-corrected chi connectivity index (χ0v) is 17.8. The molecular formula is C25H19F2N3O3. The molecule has 3 amide bonds. The first-order chi connectivity index (χ1) is 15.8. The first kappa shape index (κ1) is 21.9. The number of benzene rings is 3. The maximum absolute atomic E-state index is 14.5. The van der Waals surface area contributed by atoms with Gasteiger partial charge in [-0.15, -0.1) is 0 Å². The summed E-state index contributed by atoms with van der Waals surface area (Å²) in [5.41, 5.74) is 1.11. The van der Waals surface area contributed by atoms with Gasteiger partial charge in [-0.25, -0.2) is 13.7 Å². The van der Waals surface area contributed by atoms with Gasteiger partial charge in [-0.2, -0.15) is 0 Å². The first-order valence-electron chi connectivity index (χ1n) is 10.0. The van der Waals surface area contributed by atoms with Crippen LogP contribution in [0.2, 0.25) is 0 Å². The van der Waals surface area contributed by atoms with Crippen LogP contribution in [0.25, 0.3) is 5.57 Å². The Morgan fingerprint density at radius 3 is 2.21 bits per heavy atom. The molecule has 0 saturated carbocycles. The fourth-order valence-corrected chi connectivity index (χ4v) is 3.67. The predicted octanol–water partition coefficient (Wildman–Crippen LogP) is 4.34. The molecular weight excluding hydrogens is 428 g/mol. The third-order valence-corrected chi connectivity index (χ3v) is 5.18. The molecule has 33 heavy (non-hydrogen) atoms. The second-order valence-corrected chi connectivity index (χ2v) is 7.42. The van der Waals surface area contributed by atoms with E-state index in [0.29, 0.717) is 21.8 Å². The van der Waals surface area contributed by atoms with E-state index in [-0.39, 0.29) is 17.2 Å². The van der Waals surface area contributed by atoms with Gasteiger partial charge < -0.3 is 10.2 Å². The normalized spacial score (nSPS) is 13.5. The molecule has 0 saturated heterocycles. The highest BCUT2D eigenvalue weighted by molar-refractivity contribution is 6.46. The van der Waals surface area contributed by atoms with E-state index in [1.165, 1.54) is 11.8 Å². The zero-order valence-electron chi connectivity index (χ0n) is 17.8. The summed E-state index contributed by atoms with van der Waals surface area (Å²) in [5.74, 6) is -3.50. The van der Waals surface area contributed by atoms with Crippen molar-refractivity contribution in [2.45, 2.75) is 6.92 Å². The van der Waals surface area contributed by atoms with E-state index < -0.39 is 29.1 Å². The lowest BCUT2D eigenvalue weighted by molar-refractivity contribution is -0.120. The molecule has 0 aliphatic carbocycles. The lowest BCUT2D eigenvalue weighted by Crippen LogP contribution is -2.35. The van der Waals surface area contributed by atoms with Crippen LogP contribution in [0.15, 0.2) is 78.5 Å². The van der Waals surface area contributed by atoms with Crippen LogP contribution >= 0.6 is 0 Å². The number of para-hydroxylation sites is 1. The summed E-state index contributed by atoms with van der Waals surface area (Å²) >= 11 is 0. The van der Waals surface area contributed by atoms with E-state index in [1.807, 2.05) is 6.07 Å². The molecule has 8 heteroatoms. The van der Waals surface area contributed by atoms with E-state index in [4.69, 9.17) is 0 Å². The standard InChI is InChI=1S/C25H19F2N3O3/c1-15(31)28-18-11-8-16(9-12-18)22-23(29(2)19-6-4-3-5-7-19)25(33)30(24(22)32)21-14-17(26)10-13-20(21)27/h3-14H,1-2H3,(H,28,31). The Labute approximate surface area is 188 Å². The van der Waals surface area contributed by atoms with Crippen molar-refractivity contribution in [1.29, 1.82) is 0 Å². The summed E-state index contributed by atoms with van der Waals surface area (Å²) in [6.07, 6.45) is 0. The number of halogens is 2. The zero-order chi connectivity index (χ0) is 23.7. The number of imide groups is 1. The van der Waals surface area contributed by atoms with Gasteiger partial charge >= 0.3 is 0 Å². The highest BCUT2D eigenvalue weighted by Gasteiger charge is 2.43. The van der Waals surface area contributed by atoms with Crippen LogP contribution in [0.4, 0.5) is 25.8 Å². The van der Waals surface area contributed by atoms with E-state index >= 15 is 0 Å². The molecule has 0 radical (unpaired) electrons. The van der Waals surface area contributed by atoms with Crippen molar-refractivity contribution in [2.75, 3.05) is 22.2 Å². The van der Waals surface area contributed by atoms with Gasteiger partial charge in [0.25, 0.3) is 11.8 Å². The maximum atomic E-state index is 14.5. The molecule has 0 spiro atoms. The van der Waals surface area contributed by atoms with Crippen LogP contribution in [-0.4, -0.2) is 24.8 Å². The minimum absolute atomic E-state index is 0.0159. The lowest BCUT2D eigenvalue weighted by atomic mass is 10.0. The van der Waals surface area contributed by atoms with Gasteiger partial charge in [0.1, 0.15) is 17.3 Å². The molecule has 0 atom stereocenters. The van der Waals surface area contributed by atoms with Crippen LogP contribution in [0.3, 0.4) is 0 Å². The van der Waals surface area contributed by atoms with Crippen molar-refractivity contribution in [3.63, 3.8) is 0 Å². The van der Waals surface area contributed by atoms with E-state index in [2.05, 4.69) is 5.32 Å². The molecule has 1 N–H and O–H groups in total. The van der Waals surface area contributed by atoms with Gasteiger partial charge in [0, 0.05) is 31.4 Å². The topological polar surface area (TPSA) is 69.7 Å². The first-order valence-corrected chi connectivity index (χ1v) is 10.0. The molecule has 166 valence electrons. The van der Waals surface area contributed by atoms with Gasteiger partial charge in [0.15, 0.2) is 0 Å². The summed E-state index contributed by atoms with van der Waals surface area (Å²) in [5, 5.41) is 2.63. The van der Waals surface area contributed by atoms with Crippen molar-refractivity contribution in [2.24, 2.45) is 0 Å². The van der Waals surface area contributed by atoms with Crippen molar-refractivity contribution in [1.82, 2.24) is 0 Å². The van der Waals surface area contributed by atoms with Gasteiger partial charge in [-0.3, -0.25) is 14.4 Å². The maximum Gasteiger partial charge on any atom is 0.282 e. The van der Waals surface area contributed by atoms with Crippen molar-refractivity contribution in [3.05, 3.63) is 95.7 Å². The molecule has 1 aliphatic rings. The monoisotopic (exact) mass is 447 g/mol. The molecule has 3 aromatic rings. The summed E-state index contributed by atoms with van der Waals surface area (Å²) in [6, 6.07) is 17.8. The number of likely N-dealkylation sites (N-methyl/N-ethyl adjacent to an activating group) is 1. The van der Waals surface area contributed by atoms with Crippen LogP contribution in [-0.2, 0) is 14.4 Å². The molecule has 0 aromatic heterocycles. The third-order valence-electron chi connectivity index (χ3n) is 5.18. The number of nitrogens with zero attached hydrogens (tertiary/aromatic N) is 2. The molecule has 0 fully saturated rings. The minimum atomic E-state index is -0.901. The molecule has 4 rings (SSSR count). The quantitative estimate of drug-likeness (QED) is 0.591. The number of carbonyl (C=O) groups excluding carboxylic acids is 3. The molecule has 0 unspecified atom stereocenters. The Morgan fingerprint density at radius 2 is 1.58 bits per heavy atom. The second kappa shape index (κ2) is 8.66. The summed E-state index contributed by atoms with van der Waals surface area (Å²) < 4.78 is 28.4. The van der Waals surface area contributed by atoms with Gasteiger partial charge in [-0.1, -0.05) is 30.3 Å². The smallest absolute Gasteiger partial charge is 0.282 e. The number of anilines is 3. The van der Waals surface area contributed by atoms with Gasteiger partial charge in [0.2, 0.25) is 5.91 Å². The Hall–Kier alpha value is -4.33. The van der Waals surface area contributed by atoms with Crippen molar-refractivity contribution in [3.8, 4) is 0 Å². The van der Waals surface area contributed by atoms with Crippen LogP contribution in [0.5, 0.6) is 0 Å². The molecule has 1 heterocycles. The van der Waals surface area contributed by atoms with Crippen molar-refractivity contribution < 1.29 is 23.2 Å². The number of hydrogen-bond donors (Lipinski definition) is 1. The average Bonchev–Trinajstić information content (AvgIpc) is 3.05. The number of hydrogen-bond acceptors (Lipinski definition) is 4. The molecule has 1 aliphatic heterocycles. The molecule has 0 bridgehead atoms. The lowest BCUT2D eigenvalue weighted by Gasteiger charge is -2.21. The number of carbonyl (C=O) groups is 3. The summed E-state index contributed by atoms with van der Waals surface area (Å²) in [6.45, 7) is 1.37. The third kappa shape index (κ3) is 4.10. The van der Waals surface area contributed by atoms with E-state index in [0.717, 1.165) is 18.2 Å². The van der Waals surface area contributed by atoms with Crippen LogP contribution in [0, 0.1) is 11.6 Å². The molecule has 3 aromatic carbocycles. The summed E-state index contributed by atoms with van der Waals surface area (Å²) in [4.78, 5) is 40.4. The van der Waals surface area contributed by atoms with E-state index in [1.54, 1.807) is 55.6 Å². The minimum Gasteiger partial charge on any atom is -0.339 e. The van der Waals surface area contributed by atoms with Crippen LogP contribution in [0.1, 0.15) is 12.5 Å². The Morgan fingerprint density at radius 1 is 0.909 bits per heavy atom. The van der Waals surface area contributed by atoms with Crippen LogP contribution < -0.4 is 15.1 Å². The average molecular weight is 447 g/mol. The largest absolute Gasteiger partial charge is 0.339 e. The fourth-order valence-electron chi connectivity index (χ4n) is 3.67. The molecule has 6 nitrogen and oxygen atoms in total. The van der Waals surface area contributed by atoms with Crippen molar-refractivity contribution >= 4 is 40.4 Å². The highest BCUT2D eigenvalue weighted by atomic mass is 19.1. The predicted molar refractivity (Wildman–Crippen MR) is 121 cm³/mol. The number of nitrogens with one attached hydrogen (secondary N) is 1. The second-order valence-electron chi connectivity index (χ2n) is 7.42. The summed E-state index contributed by atoms with van der Waals surface area (Å²) in [7, 11) is 1.62. The Bertz CT molecular complexity index is 1290. The van der Waals surface area contributed by atoms with Gasteiger partial charge in [0.05, 0.1) is 11.3 Å². The number of rotatable bonds is 5. The fraction of sp³-hybridized carbons (Fsp3) is 0.0800. The van der Waals surface area contributed by atoms with E-state index in [9.17, 15) is 23.2 Å². The SMILES string of the molecule is CC(=O)Nc1ccc(C2=C(N(C)c3ccccc3)C(=O)N(c3cc(F)ccc3F)C2=O)cc1. The Balaban J connectivity index is 1.86. The highest BCUT2D eigenvalue weighted by Crippen LogP contribution is 2.37. The number of amides is 3. The Kier molecular flexibility index (Phi) is 5.74.